The second kappa shape index (κ2) is 5.90. The Hall–Kier alpha value is -0.810. The third-order valence-corrected chi connectivity index (χ3v) is 4.17. The summed E-state index contributed by atoms with van der Waals surface area (Å²) in [6.07, 6.45) is 2.24. The zero-order valence-electron chi connectivity index (χ0n) is 12.2. The van der Waals surface area contributed by atoms with E-state index >= 15 is 0 Å². The predicted molar refractivity (Wildman–Crippen MR) is 80.3 cm³/mol. The Labute approximate surface area is 128 Å². The summed E-state index contributed by atoms with van der Waals surface area (Å²) < 4.78 is 5.28. The van der Waals surface area contributed by atoms with Gasteiger partial charge in [0.1, 0.15) is 21.6 Å². The van der Waals surface area contributed by atoms with Gasteiger partial charge in [-0.05, 0) is 40.5 Å². The van der Waals surface area contributed by atoms with Crippen molar-refractivity contribution < 1.29 is 9.53 Å². The fourth-order valence-electron chi connectivity index (χ4n) is 1.65. The molecule has 0 radical (unpaired) electrons. The van der Waals surface area contributed by atoms with Crippen molar-refractivity contribution in [1.29, 1.82) is 0 Å². The van der Waals surface area contributed by atoms with Gasteiger partial charge in [0.2, 0.25) is 0 Å². The quantitative estimate of drug-likeness (QED) is 0.481. The van der Waals surface area contributed by atoms with Crippen LogP contribution in [0.15, 0.2) is 5.03 Å². The van der Waals surface area contributed by atoms with Gasteiger partial charge in [0.25, 0.3) is 0 Å². The lowest BCUT2D eigenvalue weighted by molar-refractivity contribution is -0.151. The fraction of sp³-hybridized carbons (Fsp3) is 0.643. The van der Waals surface area contributed by atoms with Gasteiger partial charge in [-0.1, -0.05) is 23.4 Å². The number of carbonyl (C=O) groups is 1. The molecule has 2 rings (SSSR count). The number of esters is 1. The van der Waals surface area contributed by atoms with Gasteiger partial charge in [-0.3, -0.25) is 4.79 Å². The minimum absolute atomic E-state index is 0.232. The molecular weight excluding hydrogens is 296 g/mol. The third-order valence-electron chi connectivity index (χ3n) is 2.75. The number of ether oxygens (including phenoxy) is 1. The maximum absolute atomic E-state index is 11.7. The van der Waals surface area contributed by atoms with Crippen molar-refractivity contribution in [1.82, 2.24) is 9.97 Å². The molecule has 1 aromatic heterocycles. The third kappa shape index (κ3) is 4.35. The van der Waals surface area contributed by atoms with Crippen LogP contribution in [0.4, 0.5) is 0 Å². The zero-order chi connectivity index (χ0) is 14.9. The first kappa shape index (κ1) is 15.6. The van der Waals surface area contributed by atoms with E-state index in [1.54, 1.807) is 0 Å². The Morgan fingerprint density at radius 1 is 1.40 bits per heavy atom. The molecule has 0 unspecified atom stereocenters. The molecule has 0 bridgehead atoms. The zero-order valence-corrected chi connectivity index (χ0v) is 13.8. The standard InChI is InChI=1S/C14H19ClN2O2S/c1-8-11(15)16-12(9-5-6-9)17-13(8)20-7-10(18)19-14(2,3)4/h9H,5-7H2,1-4H3. The van der Waals surface area contributed by atoms with Gasteiger partial charge in [0, 0.05) is 11.5 Å². The maximum Gasteiger partial charge on any atom is 0.316 e. The van der Waals surface area contributed by atoms with Crippen molar-refractivity contribution in [3.8, 4) is 0 Å². The molecule has 0 N–H and O–H groups in total. The lowest BCUT2D eigenvalue weighted by Gasteiger charge is -2.19. The van der Waals surface area contributed by atoms with Crippen molar-refractivity contribution in [2.24, 2.45) is 0 Å². The lowest BCUT2D eigenvalue weighted by Crippen LogP contribution is -2.25. The molecule has 6 heteroatoms. The molecule has 0 aliphatic heterocycles. The van der Waals surface area contributed by atoms with Crippen molar-refractivity contribution in [2.45, 2.75) is 57.1 Å². The van der Waals surface area contributed by atoms with Crippen molar-refractivity contribution in [3.05, 3.63) is 16.5 Å². The van der Waals surface area contributed by atoms with Crippen molar-refractivity contribution >= 4 is 29.3 Å². The summed E-state index contributed by atoms with van der Waals surface area (Å²) in [5.74, 6) is 1.22. The Balaban J connectivity index is 2.03. The van der Waals surface area contributed by atoms with Crippen LogP contribution in [0.5, 0.6) is 0 Å². The maximum atomic E-state index is 11.7. The average Bonchev–Trinajstić information content (AvgIpc) is 3.12. The van der Waals surface area contributed by atoms with E-state index in [2.05, 4.69) is 9.97 Å². The van der Waals surface area contributed by atoms with Gasteiger partial charge in [-0.25, -0.2) is 9.97 Å². The van der Waals surface area contributed by atoms with E-state index in [1.807, 2.05) is 27.7 Å². The van der Waals surface area contributed by atoms with Crippen molar-refractivity contribution in [3.63, 3.8) is 0 Å². The highest BCUT2D eigenvalue weighted by Crippen LogP contribution is 2.39. The summed E-state index contributed by atoms with van der Waals surface area (Å²) in [5, 5.41) is 1.26. The molecular formula is C14H19ClN2O2S. The molecule has 0 amide bonds. The first-order valence-electron chi connectivity index (χ1n) is 6.65. The molecule has 20 heavy (non-hydrogen) atoms. The normalized spacial score (nSPS) is 15.2. The first-order valence-corrected chi connectivity index (χ1v) is 8.01. The second-order valence-electron chi connectivity index (χ2n) is 5.95. The first-order chi connectivity index (χ1) is 9.26. The molecule has 4 nitrogen and oxygen atoms in total. The van der Waals surface area contributed by atoms with Gasteiger partial charge in [0.05, 0.1) is 5.75 Å². The van der Waals surface area contributed by atoms with E-state index < -0.39 is 5.60 Å². The van der Waals surface area contributed by atoms with Crippen LogP contribution in [0, 0.1) is 6.92 Å². The number of rotatable bonds is 4. The summed E-state index contributed by atoms with van der Waals surface area (Å²) >= 11 is 7.49. The summed E-state index contributed by atoms with van der Waals surface area (Å²) in [4.78, 5) is 20.6. The van der Waals surface area contributed by atoms with Crippen LogP contribution in [0.2, 0.25) is 5.15 Å². The number of halogens is 1. The highest BCUT2D eigenvalue weighted by atomic mass is 35.5. The van der Waals surface area contributed by atoms with Crippen LogP contribution in [-0.4, -0.2) is 27.3 Å². The Bertz CT molecular complexity index is 525. The number of thioether (sulfide) groups is 1. The summed E-state index contributed by atoms with van der Waals surface area (Å²) in [6, 6.07) is 0. The van der Waals surface area contributed by atoms with Crippen LogP contribution < -0.4 is 0 Å². The average molecular weight is 315 g/mol. The molecule has 110 valence electrons. The topological polar surface area (TPSA) is 52.1 Å². The lowest BCUT2D eigenvalue weighted by atomic mass is 10.2. The molecule has 0 aromatic carbocycles. The fourth-order valence-corrected chi connectivity index (χ4v) is 2.67. The molecule has 0 atom stereocenters. The van der Waals surface area contributed by atoms with Gasteiger partial charge in [-0.15, -0.1) is 0 Å². The SMILES string of the molecule is Cc1c(Cl)nc(C2CC2)nc1SCC(=O)OC(C)(C)C. The molecule has 0 saturated heterocycles. The number of hydrogen-bond acceptors (Lipinski definition) is 5. The predicted octanol–water partition coefficient (Wildman–Crippen LogP) is 3.75. The van der Waals surface area contributed by atoms with E-state index in [0.717, 1.165) is 29.3 Å². The summed E-state index contributed by atoms with van der Waals surface area (Å²) in [6.45, 7) is 7.44. The van der Waals surface area contributed by atoms with E-state index in [9.17, 15) is 4.79 Å². The van der Waals surface area contributed by atoms with Crippen LogP contribution in [0.1, 0.15) is 50.9 Å². The number of hydrogen-bond donors (Lipinski definition) is 0. The Morgan fingerprint density at radius 2 is 2.05 bits per heavy atom. The van der Waals surface area contributed by atoms with Gasteiger partial charge < -0.3 is 4.74 Å². The smallest absolute Gasteiger partial charge is 0.316 e. The highest BCUT2D eigenvalue weighted by Gasteiger charge is 2.28. The summed E-state index contributed by atoms with van der Waals surface area (Å²) in [7, 11) is 0. The number of aromatic nitrogens is 2. The highest BCUT2D eigenvalue weighted by molar-refractivity contribution is 7.99. The van der Waals surface area contributed by atoms with Crippen LogP contribution in [0.25, 0.3) is 0 Å². The monoisotopic (exact) mass is 314 g/mol. The molecule has 0 spiro atoms. The molecule has 1 aliphatic carbocycles. The van der Waals surface area contributed by atoms with E-state index in [-0.39, 0.29) is 11.7 Å². The van der Waals surface area contributed by atoms with Gasteiger partial charge in [0.15, 0.2) is 0 Å². The molecule has 1 saturated carbocycles. The van der Waals surface area contributed by atoms with Crippen LogP contribution in [0.3, 0.4) is 0 Å². The minimum atomic E-state index is -0.463. The Kier molecular flexibility index (Phi) is 4.59. The summed E-state index contributed by atoms with van der Waals surface area (Å²) in [5.41, 5.74) is 0.361. The Morgan fingerprint density at radius 3 is 2.60 bits per heavy atom. The second-order valence-corrected chi connectivity index (χ2v) is 7.27. The van der Waals surface area contributed by atoms with Gasteiger partial charge >= 0.3 is 5.97 Å². The minimum Gasteiger partial charge on any atom is -0.459 e. The number of nitrogens with zero attached hydrogens (tertiary/aromatic N) is 2. The largest absolute Gasteiger partial charge is 0.459 e. The van der Waals surface area contributed by atoms with Crippen molar-refractivity contribution in [2.75, 3.05) is 5.75 Å². The molecule has 1 aliphatic rings. The number of carbonyl (C=O) groups excluding carboxylic acids is 1. The van der Waals surface area contributed by atoms with Crippen LogP contribution in [-0.2, 0) is 9.53 Å². The molecule has 1 heterocycles. The van der Waals surface area contributed by atoms with Crippen LogP contribution >= 0.6 is 23.4 Å². The van der Waals surface area contributed by atoms with Gasteiger partial charge in [-0.2, -0.15) is 0 Å². The van der Waals surface area contributed by atoms with E-state index in [1.165, 1.54) is 11.8 Å². The van der Waals surface area contributed by atoms with E-state index in [4.69, 9.17) is 16.3 Å². The molecule has 1 fully saturated rings. The van der Waals surface area contributed by atoms with E-state index in [0.29, 0.717) is 11.1 Å². The molecule has 1 aromatic rings.